The number of nitrogens with zero attached hydrogens (tertiary/aromatic N) is 4. The van der Waals surface area contributed by atoms with E-state index in [1.54, 1.807) is 19.5 Å². The molecule has 3 aromatic rings. The fourth-order valence-electron chi connectivity index (χ4n) is 4.41. The first-order valence-electron chi connectivity index (χ1n) is 12.8. The lowest BCUT2D eigenvalue weighted by atomic mass is 10.1. The summed E-state index contributed by atoms with van der Waals surface area (Å²) < 4.78 is 23.5. The molecule has 0 saturated carbocycles. The van der Waals surface area contributed by atoms with Crippen LogP contribution < -0.4 is 19.5 Å². The topological polar surface area (TPSA) is 90.9 Å². The predicted molar refractivity (Wildman–Crippen MR) is 142 cm³/mol. The Morgan fingerprint density at radius 3 is 2.86 bits per heavy atom. The number of nitrogens with one attached hydrogen (secondary N) is 1. The van der Waals surface area contributed by atoms with Gasteiger partial charge in [-0.05, 0) is 56.6 Å². The second-order valence-corrected chi connectivity index (χ2v) is 8.96. The summed E-state index contributed by atoms with van der Waals surface area (Å²) in [5.41, 5.74) is 3.30. The first-order chi connectivity index (χ1) is 18.3. The highest BCUT2D eigenvalue weighted by molar-refractivity contribution is 5.69. The van der Waals surface area contributed by atoms with E-state index in [4.69, 9.17) is 23.9 Å². The van der Waals surface area contributed by atoms with E-state index in [0.717, 1.165) is 48.6 Å². The van der Waals surface area contributed by atoms with Crippen LogP contribution in [0.5, 0.6) is 17.4 Å². The lowest BCUT2D eigenvalue weighted by Crippen LogP contribution is -2.25. The van der Waals surface area contributed by atoms with Crippen molar-refractivity contribution in [1.82, 2.24) is 19.9 Å². The van der Waals surface area contributed by atoms with Crippen LogP contribution in [-0.2, 0) is 11.3 Å². The van der Waals surface area contributed by atoms with Crippen LogP contribution in [0.15, 0.2) is 54.9 Å². The predicted octanol–water partition coefficient (Wildman–Crippen LogP) is 4.62. The molecule has 1 fully saturated rings. The molecule has 6 bridgehead atoms. The van der Waals surface area contributed by atoms with Crippen LogP contribution in [-0.4, -0.2) is 66.4 Å². The molecule has 37 heavy (non-hydrogen) atoms. The lowest BCUT2D eigenvalue weighted by Gasteiger charge is -2.17. The Bertz CT molecular complexity index is 1210. The minimum absolute atomic E-state index is 0.429. The average molecular weight is 504 g/mol. The standard InChI is InChI=1S/C28H33N5O4/c1-34-25-19-30-28-31-23-7-8-24(36-16-13-33-11-3-4-12-33)22(17-23)20-35-14-5-2-6-15-37-26-18-21(9-10-29-26)27(25)32-28/h2,5,7-10,17-19H,3-4,6,11-16,20H2,1H3,(H,30,31,32)/b5-2+. The van der Waals surface area contributed by atoms with Crippen LogP contribution in [0.3, 0.4) is 0 Å². The molecule has 0 spiro atoms. The van der Waals surface area contributed by atoms with Gasteiger partial charge in [-0.2, -0.15) is 0 Å². The van der Waals surface area contributed by atoms with E-state index in [1.807, 2.05) is 36.4 Å². The van der Waals surface area contributed by atoms with E-state index in [1.165, 1.54) is 12.8 Å². The number of hydrogen-bond acceptors (Lipinski definition) is 9. The zero-order valence-corrected chi connectivity index (χ0v) is 21.2. The van der Waals surface area contributed by atoms with Crippen molar-refractivity contribution in [2.75, 3.05) is 51.9 Å². The first-order valence-corrected chi connectivity index (χ1v) is 12.8. The Hall–Kier alpha value is -3.69. The number of fused-ring (bicyclic) bond motifs is 7. The first kappa shape index (κ1) is 25.0. The molecule has 0 radical (unpaired) electrons. The van der Waals surface area contributed by atoms with Gasteiger partial charge in [0.25, 0.3) is 0 Å². The molecule has 1 saturated heterocycles. The Morgan fingerprint density at radius 2 is 1.97 bits per heavy atom. The minimum Gasteiger partial charge on any atom is -0.493 e. The summed E-state index contributed by atoms with van der Waals surface area (Å²) in [7, 11) is 1.60. The summed E-state index contributed by atoms with van der Waals surface area (Å²) in [4.78, 5) is 16.0. The fraction of sp³-hybridized carbons (Fsp3) is 0.393. The van der Waals surface area contributed by atoms with Crippen molar-refractivity contribution in [3.8, 4) is 28.6 Å². The van der Waals surface area contributed by atoms with Gasteiger partial charge >= 0.3 is 0 Å². The number of benzene rings is 1. The van der Waals surface area contributed by atoms with Crippen LogP contribution in [0.25, 0.3) is 11.3 Å². The molecule has 194 valence electrons. The summed E-state index contributed by atoms with van der Waals surface area (Å²) in [5, 5.41) is 3.32. The average Bonchev–Trinajstić information content (AvgIpc) is 3.44. The van der Waals surface area contributed by atoms with Gasteiger partial charge in [0.15, 0.2) is 5.75 Å². The molecule has 2 aliphatic heterocycles. The van der Waals surface area contributed by atoms with Crippen molar-refractivity contribution >= 4 is 11.6 Å². The zero-order valence-electron chi connectivity index (χ0n) is 21.2. The molecule has 9 nitrogen and oxygen atoms in total. The molecule has 0 atom stereocenters. The molecule has 9 heteroatoms. The summed E-state index contributed by atoms with van der Waals surface area (Å²) in [6, 6.07) is 9.72. The van der Waals surface area contributed by atoms with Crippen molar-refractivity contribution in [2.45, 2.75) is 25.9 Å². The summed E-state index contributed by atoms with van der Waals surface area (Å²) in [5.74, 6) is 2.38. The Balaban J connectivity index is 1.41. The molecule has 2 aliphatic rings. The van der Waals surface area contributed by atoms with Crippen LogP contribution in [0.1, 0.15) is 24.8 Å². The van der Waals surface area contributed by atoms with E-state index in [-0.39, 0.29) is 0 Å². The van der Waals surface area contributed by atoms with E-state index in [9.17, 15) is 0 Å². The highest BCUT2D eigenvalue weighted by atomic mass is 16.5. The SMILES string of the molecule is COc1cnc2nc1-c1ccnc(c1)OCC/C=C/COCc1cc(ccc1OCCN1CCCC1)N2. The number of methoxy groups -OCH3 is 1. The van der Waals surface area contributed by atoms with Crippen molar-refractivity contribution in [3.63, 3.8) is 0 Å². The van der Waals surface area contributed by atoms with Crippen molar-refractivity contribution in [2.24, 2.45) is 0 Å². The van der Waals surface area contributed by atoms with E-state index < -0.39 is 0 Å². The molecule has 5 rings (SSSR count). The molecule has 0 amide bonds. The third-order valence-electron chi connectivity index (χ3n) is 6.34. The number of hydrogen-bond donors (Lipinski definition) is 1. The number of anilines is 2. The molecule has 0 aliphatic carbocycles. The number of pyridine rings is 1. The maximum absolute atomic E-state index is 6.18. The second-order valence-electron chi connectivity index (χ2n) is 8.96. The quantitative estimate of drug-likeness (QED) is 0.501. The lowest BCUT2D eigenvalue weighted by molar-refractivity contribution is 0.144. The number of ether oxygens (including phenoxy) is 4. The second kappa shape index (κ2) is 12.5. The van der Waals surface area contributed by atoms with Gasteiger partial charge in [0.1, 0.15) is 18.1 Å². The summed E-state index contributed by atoms with van der Waals surface area (Å²) >= 11 is 0. The van der Waals surface area contributed by atoms with Crippen molar-refractivity contribution < 1.29 is 18.9 Å². The zero-order chi connectivity index (χ0) is 25.3. The minimum atomic E-state index is 0.429. The molecular formula is C28H33N5O4. The molecule has 1 aromatic carbocycles. The Labute approximate surface area is 217 Å². The molecule has 0 unspecified atom stereocenters. The third kappa shape index (κ3) is 6.75. The Kier molecular flexibility index (Phi) is 8.45. The maximum Gasteiger partial charge on any atom is 0.227 e. The van der Waals surface area contributed by atoms with Gasteiger partial charge in [0.05, 0.1) is 33.1 Å². The van der Waals surface area contributed by atoms with E-state index in [2.05, 4.69) is 26.3 Å². The highest BCUT2D eigenvalue weighted by Crippen LogP contribution is 2.31. The van der Waals surface area contributed by atoms with Crippen LogP contribution in [0.2, 0.25) is 0 Å². The number of rotatable bonds is 5. The van der Waals surface area contributed by atoms with Gasteiger partial charge in [-0.1, -0.05) is 12.2 Å². The van der Waals surface area contributed by atoms with Gasteiger partial charge in [-0.3, -0.25) is 4.90 Å². The van der Waals surface area contributed by atoms with Crippen LogP contribution in [0.4, 0.5) is 11.6 Å². The van der Waals surface area contributed by atoms with E-state index in [0.29, 0.717) is 49.7 Å². The Morgan fingerprint density at radius 1 is 1.05 bits per heavy atom. The summed E-state index contributed by atoms with van der Waals surface area (Å²) in [6.07, 6.45) is 10.7. The number of aromatic nitrogens is 3. The largest absolute Gasteiger partial charge is 0.493 e. The highest BCUT2D eigenvalue weighted by Gasteiger charge is 2.15. The van der Waals surface area contributed by atoms with Gasteiger partial charge in [0, 0.05) is 35.6 Å². The third-order valence-corrected chi connectivity index (χ3v) is 6.34. The number of likely N-dealkylation sites (tertiary alicyclic amines) is 1. The fourth-order valence-corrected chi connectivity index (χ4v) is 4.41. The van der Waals surface area contributed by atoms with Crippen LogP contribution in [0, 0.1) is 0 Å². The normalized spacial score (nSPS) is 17.1. The molecular weight excluding hydrogens is 470 g/mol. The molecule has 2 aromatic heterocycles. The summed E-state index contributed by atoms with van der Waals surface area (Å²) in [6.45, 7) is 5.34. The van der Waals surface area contributed by atoms with Gasteiger partial charge in [0.2, 0.25) is 11.8 Å². The monoisotopic (exact) mass is 503 g/mol. The van der Waals surface area contributed by atoms with Crippen molar-refractivity contribution in [1.29, 1.82) is 0 Å². The molecule has 4 heterocycles. The van der Waals surface area contributed by atoms with Gasteiger partial charge in [-0.25, -0.2) is 15.0 Å². The van der Waals surface area contributed by atoms with Crippen molar-refractivity contribution in [3.05, 3.63) is 60.4 Å². The molecule has 1 N–H and O–H groups in total. The van der Waals surface area contributed by atoms with Gasteiger partial charge < -0.3 is 24.3 Å². The van der Waals surface area contributed by atoms with Gasteiger partial charge in [-0.15, -0.1) is 0 Å². The smallest absolute Gasteiger partial charge is 0.227 e. The maximum atomic E-state index is 6.18. The van der Waals surface area contributed by atoms with E-state index >= 15 is 0 Å². The van der Waals surface area contributed by atoms with Crippen LogP contribution >= 0.6 is 0 Å².